The second-order valence-electron chi connectivity index (χ2n) is 5.91. The molecule has 0 radical (unpaired) electrons. The van der Waals surface area contributed by atoms with Gasteiger partial charge in [-0.15, -0.1) is 0 Å². The van der Waals surface area contributed by atoms with Crippen LogP contribution in [0.3, 0.4) is 0 Å². The lowest BCUT2D eigenvalue weighted by Gasteiger charge is -2.41. The van der Waals surface area contributed by atoms with Gasteiger partial charge in [-0.2, -0.15) is 0 Å². The van der Waals surface area contributed by atoms with Crippen molar-refractivity contribution in [2.45, 2.75) is 25.4 Å². The van der Waals surface area contributed by atoms with E-state index in [-0.39, 0.29) is 0 Å². The molecule has 1 aromatic carbocycles. The zero-order chi connectivity index (χ0) is 15.1. The monoisotopic (exact) mass is 296 g/mol. The van der Waals surface area contributed by atoms with Crippen molar-refractivity contribution in [3.05, 3.63) is 52.8 Å². The van der Waals surface area contributed by atoms with E-state index < -0.39 is 0 Å². The first-order valence-electron chi connectivity index (χ1n) is 7.72. The summed E-state index contributed by atoms with van der Waals surface area (Å²) in [6.45, 7) is 2.02. The number of aromatic nitrogens is 1. The van der Waals surface area contributed by atoms with Crippen LogP contribution in [0.5, 0.6) is 11.5 Å². The van der Waals surface area contributed by atoms with E-state index in [0.717, 1.165) is 37.4 Å². The molecule has 114 valence electrons. The van der Waals surface area contributed by atoms with Gasteiger partial charge in [0.2, 0.25) is 0 Å². The number of rotatable bonds is 2. The molecular weight excluding hydrogens is 276 g/mol. The van der Waals surface area contributed by atoms with Crippen LogP contribution in [-0.4, -0.2) is 30.6 Å². The average Bonchev–Trinajstić information content (AvgIpc) is 2.58. The predicted molar refractivity (Wildman–Crippen MR) is 84.3 cm³/mol. The van der Waals surface area contributed by atoms with Crippen LogP contribution in [0.25, 0.3) is 0 Å². The number of methoxy groups -OCH3 is 2. The van der Waals surface area contributed by atoms with Crippen LogP contribution in [0.15, 0.2) is 30.5 Å². The number of hydrogen-bond donors (Lipinski definition) is 0. The van der Waals surface area contributed by atoms with Gasteiger partial charge >= 0.3 is 0 Å². The van der Waals surface area contributed by atoms with Gasteiger partial charge in [0.1, 0.15) is 11.5 Å². The highest BCUT2D eigenvalue weighted by Crippen LogP contribution is 2.44. The summed E-state index contributed by atoms with van der Waals surface area (Å²) in [6, 6.07) is 8.59. The standard InChI is InChI=1S/C18H20N2O2/c1-21-16-5-6-17(22-2)18-13(16)7-9-20-11-12-4-3-8-19-14(12)10-15(18)20/h3-6,8,15H,7,9-11H2,1-2H3. The van der Waals surface area contributed by atoms with Gasteiger partial charge in [0, 0.05) is 48.6 Å². The maximum atomic E-state index is 5.65. The fourth-order valence-corrected chi connectivity index (χ4v) is 3.83. The second-order valence-corrected chi connectivity index (χ2v) is 5.91. The summed E-state index contributed by atoms with van der Waals surface area (Å²) in [4.78, 5) is 7.12. The van der Waals surface area contributed by atoms with Crippen molar-refractivity contribution in [3.8, 4) is 11.5 Å². The summed E-state index contributed by atoms with van der Waals surface area (Å²) in [5, 5.41) is 0. The van der Waals surface area contributed by atoms with Crippen LogP contribution in [0.1, 0.15) is 28.4 Å². The normalized spacial score (nSPS) is 19.8. The largest absolute Gasteiger partial charge is 0.496 e. The van der Waals surface area contributed by atoms with Gasteiger partial charge in [0.05, 0.1) is 14.2 Å². The molecule has 2 aliphatic rings. The van der Waals surface area contributed by atoms with Crippen LogP contribution in [0.2, 0.25) is 0 Å². The lowest BCUT2D eigenvalue weighted by atomic mass is 9.85. The molecular formula is C18H20N2O2. The molecule has 0 saturated heterocycles. The molecule has 2 aliphatic heterocycles. The maximum absolute atomic E-state index is 5.65. The Balaban J connectivity index is 1.83. The lowest BCUT2D eigenvalue weighted by molar-refractivity contribution is 0.154. The molecule has 0 saturated carbocycles. The minimum absolute atomic E-state index is 0.330. The molecule has 0 aliphatic carbocycles. The summed E-state index contributed by atoms with van der Waals surface area (Å²) in [6.07, 6.45) is 3.83. The van der Waals surface area contributed by atoms with E-state index in [0.29, 0.717) is 6.04 Å². The van der Waals surface area contributed by atoms with Crippen molar-refractivity contribution in [3.63, 3.8) is 0 Å². The fraction of sp³-hybridized carbons (Fsp3) is 0.389. The Hall–Kier alpha value is -2.07. The Labute approximate surface area is 130 Å². The van der Waals surface area contributed by atoms with Crippen molar-refractivity contribution in [1.82, 2.24) is 9.88 Å². The minimum Gasteiger partial charge on any atom is -0.496 e. The van der Waals surface area contributed by atoms with Gasteiger partial charge in [-0.25, -0.2) is 0 Å². The topological polar surface area (TPSA) is 34.6 Å². The van der Waals surface area contributed by atoms with E-state index in [2.05, 4.69) is 16.0 Å². The summed E-state index contributed by atoms with van der Waals surface area (Å²) in [7, 11) is 3.49. The summed E-state index contributed by atoms with van der Waals surface area (Å²) < 4.78 is 11.2. The smallest absolute Gasteiger partial charge is 0.124 e. The van der Waals surface area contributed by atoms with Crippen LogP contribution >= 0.6 is 0 Å². The van der Waals surface area contributed by atoms with Gasteiger partial charge < -0.3 is 9.47 Å². The van der Waals surface area contributed by atoms with Gasteiger partial charge in [-0.1, -0.05) is 6.07 Å². The zero-order valence-electron chi connectivity index (χ0n) is 13.0. The molecule has 1 aromatic heterocycles. The highest BCUT2D eigenvalue weighted by Gasteiger charge is 2.35. The van der Waals surface area contributed by atoms with Crippen LogP contribution in [0, 0.1) is 0 Å². The fourth-order valence-electron chi connectivity index (χ4n) is 3.83. The number of fused-ring (bicyclic) bond motifs is 4. The lowest BCUT2D eigenvalue weighted by Crippen LogP contribution is -2.40. The molecule has 0 fully saturated rings. The van der Waals surface area contributed by atoms with E-state index in [9.17, 15) is 0 Å². The quantitative estimate of drug-likeness (QED) is 0.853. The SMILES string of the molecule is COc1ccc(OC)c2c1CCN1Cc3cccnc3CC21. The Bertz CT molecular complexity index is 714. The van der Waals surface area contributed by atoms with Crippen molar-refractivity contribution in [1.29, 1.82) is 0 Å². The number of nitrogens with zero attached hydrogens (tertiary/aromatic N) is 2. The molecule has 4 nitrogen and oxygen atoms in total. The van der Waals surface area contributed by atoms with E-state index >= 15 is 0 Å². The second kappa shape index (κ2) is 5.29. The Morgan fingerprint density at radius 1 is 1.14 bits per heavy atom. The highest BCUT2D eigenvalue weighted by molar-refractivity contribution is 5.52. The third-order valence-corrected chi connectivity index (χ3v) is 4.88. The first kappa shape index (κ1) is 13.6. The Morgan fingerprint density at radius 3 is 2.77 bits per heavy atom. The van der Waals surface area contributed by atoms with Gasteiger partial charge in [0.15, 0.2) is 0 Å². The molecule has 1 atom stereocenters. The van der Waals surface area contributed by atoms with Gasteiger partial charge in [-0.3, -0.25) is 9.88 Å². The average molecular weight is 296 g/mol. The van der Waals surface area contributed by atoms with Gasteiger partial charge in [0.25, 0.3) is 0 Å². The van der Waals surface area contributed by atoms with Crippen LogP contribution < -0.4 is 9.47 Å². The summed E-state index contributed by atoms with van der Waals surface area (Å²) in [5.74, 6) is 1.94. The van der Waals surface area contributed by atoms with Crippen molar-refractivity contribution in [2.75, 3.05) is 20.8 Å². The first-order chi connectivity index (χ1) is 10.8. The number of hydrogen-bond acceptors (Lipinski definition) is 4. The molecule has 0 N–H and O–H groups in total. The van der Waals surface area contributed by atoms with E-state index in [1.54, 1.807) is 14.2 Å². The van der Waals surface area contributed by atoms with E-state index in [4.69, 9.17) is 9.47 Å². The Kier molecular flexibility index (Phi) is 3.26. The summed E-state index contributed by atoms with van der Waals surface area (Å²) >= 11 is 0. The molecule has 1 unspecified atom stereocenters. The first-order valence-corrected chi connectivity index (χ1v) is 7.72. The van der Waals surface area contributed by atoms with E-state index in [1.165, 1.54) is 22.4 Å². The number of pyridine rings is 1. The number of ether oxygens (including phenoxy) is 2. The molecule has 0 amide bonds. The molecule has 4 heteroatoms. The highest BCUT2D eigenvalue weighted by atomic mass is 16.5. The molecule has 4 rings (SSSR count). The third-order valence-electron chi connectivity index (χ3n) is 4.88. The Morgan fingerprint density at radius 2 is 1.95 bits per heavy atom. The molecule has 0 bridgehead atoms. The minimum atomic E-state index is 0.330. The molecule has 22 heavy (non-hydrogen) atoms. The predicted octanol–water partition coefficient (Wildman–Crippen LogP) is 2.75. The van der Waals surface area contributed by atoms with Crippen LogP contribution in [-0.2, 0) is 19.4 Å². The van der Waals surface area contributed by atoms with Gasteiger partial charge in [-0.05, 0) is 30.2 Å². The zero-order valence-corrected chi connectivity index (χ0v) is 13.0. The maximum Gasteiger partial charge on any atom is 0.124 e. The van der Waals surface area contributed by atoms with Crippen molar-refractivity contribution < 1.29 is 9.47 Å². The van der Waals surface area contributed by atoms with Crippen LogP contribution in [0.4, 0.5) is 0 Å². The number of benzene rings is 1. The van der Waals surface area contributed by atoms with E-state index in [1.807, 2.05) is 24.4 Å². The third kappa shape index (κ3) is 1.98. The van der Waals surface area contributed by atoms with Crippen molar-refractivity contribution >= 4 is 0 Å². The summed E-state index contributed by atoms with van der Waals surface area (Å²) in [5.41, 5.74) is 5.14. The molecule has 0 spiro atoms. The molecule has 2 aromatic rings. The molecule has 3 heterocycles. The van der Waals surface area contributed by atoms with Crippen molar-refractivity contribution in [2.24, 2.45) is 0 Å².